The molecule has 0 bridgehead atoms. The molecule has 136 valence electrons. The van der Waals surface area contributed by atoms with Gasteiger partial charge in [-0.25, -0.2) is 9.97 Å². The van der Waals surface area contributed by atoms with Gasteiger partial charge in [-0.15, -0.1) is 11.3 Å². The Bertz CT molecular complexity index is 951. The Hall–Kier alpha value is -1.84. The van der Waals surface area contributed by atoms with E-state index in [1.54, 1.807) is 11.3 Å². The first-order valence-electron chi connectivity index (χ1n) is 8.60. The highest BCUT2D eigenvalue weighted by molar-refractivity contribution is 7.13. The van der Waals surface area contributed by atoms with Gasteiger partial charge in [-0.05, 0) is 18.4 Å². The van der Waals surface area contributed by atoms with Crippen LogP contribution >= 0.6 is 11.3 Å². The van der Waals surface area contributed by atoms with Gasteiger partial charge in [-0.1, -0.05) is 6.07 Å². The molecule has 5 heterocycles. The van der Waals surface area contributed by atoms with Gasteiger partial charge in [0, 0.05) is 28.4 Å². The zero-order valence-electron chi connectivity index (χ0n) is 14.2. The molecule has 2 saturated heterocycles. The first-order chi connectivity index (χ1) is 12.7. The quantitative estimate of drug-likeness (QED) is 0.729. The summed E-state index contributed by atoms with van der Waals surface area (Å²) in [5.41, 5.74) is 1.82. The lowest BCUT2D eigenvalue weighted by molar-refractivity contribution is -0.225. The number of ether oxygens (including phenoxy) is 2. The molecule has 26 heavy (non-hydrogen) atoms. The number of hydrogen-bond donors (Lipinski definition) is 2. The van der Waals surface area contributed by atoms with Crippen molar-refractivity contribution in [3.05, 3.63) is 35.7 Å². The Kier molecular flexibility index (Phi) is 3.67. The van der Waals surface area contributed by atoms with E-state index in [9.17, 15) is 10.2 Å². The van der Waals surface area contributed by atoms with Crippen LogP contribution in [0.4, 0.5) is 0 Å². The fourth-order valence-corrected chi connectivity index (χ4v) is 4.80. The lowest BCUT2D eigenvalue weighted by atomic mass is 9.86. The smallest absolute Gasteiger partial charge is 0.167 e. The highest BCUT2D eigenvalue weighted by Crippen LogP contribution is 2.50. The summed E-state index contributed by atoms with van der Waals surface area (Å²) in [4.78, 5) is 9.96. The molecule has 4 atom stereocenters. The van der Waals surface area contributed by atoms with Crippen LogP contribution in [0.1, 0.15) is 18.3 Å². The van der Waals surface area contributed by atoms with Crippen LogP contribution < -0.4 is 0 Å². The molecule has 0 aromatic carbocycles. The van der Waals surface area contributed by atoms with Crippen LogP contribution in [0.25, 0.3) is 21.5 Å². The van der Waals surface area contributed by atoms with Crippen molar-refractivity contribution in [3.63, 3.8) is 0 Å². The number of aromatic nitrogens is 3. The third-order valence-electron chi connectivity index (χ3n) is 5.46. The van der Waals surface area contributed by atoms with Crippen LogP contribution in [-0.2, 0) is 9.47 Å². The lowest BCUT2D eigenvalue weighted by Gasteiger charge is -2.44. The molecule has 0 amide bonds. The number of nitrogens with zero attached hydrogens (tertiary/aromatic N) is 3. The van der Waals surface area contributed by atoms with Gasteiger partial charge in [0.25, 0.3) is 0 Å². The lowest BCUT2D eigenvalue weighted by Crippen LogP contribution is -2.56. The summed E-state index contributed by atoms with van der Waals surface area (Å²) in [5, 5.41) is 23.2. The van der Waals surface area contributed by atoms with Crippen molar-refractivity contribution >= 4 is 22.4 Å². The summed E-state index contributed by atoms with van der Waals surface area (Å²) in [6, 6.07) is 4.07. The predicted molar refractivity (Wildman–Crippen MR) is 95.9 cm³/mol. The molecule has 5 rings (SSSR count). The molecule has 0 unspecified atom stereocenters. The van der Waals surface area contributed by atoms with E-state index in [2.05, 4.69) is 16.0 Å². The third kappa shape index (κ3) is 2.07. The van der Waals surface area contributed by atoms with E-state index >= 15 is 0 Å². The molecular formula is C18H19N3O4S. The minimum Gasteiger partial charge on any atom is -0.394 e. The Morgan fingerprint density at radius 1 is 1.42 bits per heavy atom. The van der Waals surface area contributed by atoms with Gasteiger partial charge in [0.2, 0.25) is 0 Å². The predicted octanol–water partition coefficient (Wildman–Crippen LogP) is 1.88. The van der Waals surface area contributed by atoms with Gasteiger partial charge in [-0.3, -0.25) is 0 Å². The molecule has 2 fully saturated rings. The molecule has 7 nitrogen and oxygen atoms in total. The van der Waals surface area contributed by atoms with E-state index in [0.29, 0.717) is 13.0 Å². The third-order valence-corrected chi connectivity index (χ3v) is 6.36. The molecule has 8 heteroatoms. The van der Waals surface area contributed by atoms with Crippen LogP contribution in [0.2, 0.25) is 0 Å². The van der Waals surface area contributed by atoms with Crippen LogP contribution in [0.15, 0.2) is 30.0 Å². The molecule has 2 aliphatic rings. The molecular weight excluding hydrogens is 354 g/mol. The van der Waals surface area contributed by atoms with Gasteiger partial charge >= 0.3 is 0 Å². The fourth-order valence-electron chi connectivity index (χ4n) is 4.06. The molecule has 1 spiro atoms. The van der Waals surface area contributed by atoms with Gasteiger partial charge in [0.15, 0.2) is 6.23 Å². The number of rotatable bonds is 3. The molecule has 3 aromatic heterocycles. The standard InChI is InChI=1S/C18H19N3O4S/c1-10-14-11(13-3-2-6-26-13)7-21(16(14)20-9-19-10)17-18(4-5-24-18)15(23)12(8-22)25-17/h2-3,6-7,9,12,15,17,22-23H,4-5,8H2,1H3/t12-,15-,17-,18-/m1/s1. The maximum Gasteiger partial charge on any atom is 0.167 e. The summed E-state index contributed by atoms with van der Waals surface area (Å²) < 4.78 is 13.8. The van der Waals surface area contributed by atoms with E-state index in [-0.39, 0.29) is 6.61 Å². The van der Waals surface area contributed by atoms with E-state index < -0.39 is 24.0 Å². The largest absolute Gasteiger partial charge is 0.394 e. The monoisotopic (exact) mass is 373 g/mol. The van der Waals surface area contributed by atoms with Crippen LogP contribution in [0.3, 0.4) is 0 Å². The van der Waals surface area contributed by atoms with Crippen molar-refractivity contribution in [2.75, 3.05) is 13.2 Å². The topological polar surface area (TPSA) is 89.6 Å². The normalized spacial score (nSPS) is 31.0. The second kappa shape index (κ2) is 5.83. The summed E-state index contributed by atoms with van der Waals surface area (Å²) >= 11 is 1.65. The summed E-state index contributed by atoms with van der Waals surface area (Å²) in [6.07, 6.45) is 2.11. The maximum absolute atomic E-state index is 10.7. The first-order valence-corrected chi connectivity index (χ1v) is 9.48. The van der Waals surface area contributed by atoms with Crippen molar-refractivity contribution in [1.82, 2.24) is 14.5 Å². The number of thiophene rings is 1. The van der Waals surface area contributed by atoms with Crippen molar-refractivity contribution in [1.29, 1.82) is 0 Å². The summed E-state index contributed by atoms with van der Waals surface area (Å²) in [5.74, 6) is 0. The second-order valence-electron chi connectivity index (χ2n) is 6.79. The number of aliphatic hydroxyl groups excluding tert-OH is 2. The molecule has 2 aliphatic heterocycles. The summed E-state index contributed by atoms with van der Waals surface area (Å²) in [7, 11) is 0. The van der Waals surface area contributed by atoms with Gasteiger partial charge in [0.1, 0.15) is 29.8 Å². The Morgan fingerprint density at radius 2 is 2.27 bits per heavy atom. The fraction of sp³-hybridized carbons (Fsp3) is 0.444. The van der Waals surface area contributed by atoms with E-state index in [4.69, 9.17) is 9.47 Å². The van der Waals surface area contributed by atoms with E-state index in [0.717, 1.165) is 27.2 Å². The maximum atomic E-state index is 10.7. The first kappa shape index (κ1) is 16.3. The highest BCUT2D eigenvalue weighted by Gasteiger charge is 2.61. The number of hydrogen-bond acceptors (Lipinski definition) is 7. The van der Waals surface area contributed by atoms with Gasteiger partial charge in [-0.2, -0.15) is 0 Å². The Balaban J connectivity index is 1.72. The summed E-state index contributed by atoms with van der Waals surface area (Å²) in [6.45, 7) is 2.27. The SMILES string of the molecule is Cc1ncnc2c1c(-c1cccs1)cn2[C@@H]1O[C@H](CO)[C@@H](O)[C@]12CCO2. The molecule has 0 aliphatic carbocycles. The van der Waals surface area contributed by atoms with Crippen molar-refractivity contribution in [2.24, 2.45) is 0 Å². The van der Waals surface area contributed by atoms with Crippen molar-refractivity contribution in [2.45, 2.75) is 37.4 Å². The van der Waals surface area contributed by atoms with Crippen LogP contribution in [-0.4, -0.2) is 55.8 Å². The Morgan fingerprint density at radius 3 is 2.92 bits per heavy atom. The average Bonchev–Trinajstić information content (AvgIpc) is 3.29. The number of aliphatic hydroxyl groups is 2. The zero-order valence-corrected chi connectivity index (χ0v) is 15.0. The zero-order chi connectivity index (χ0) is 17.9. The van der Waals surface area contributed by atoms with E-state index in [1.807, 2.05) is 29.1 Å². The average molecular weight is 373 g/mol. The minimum atomic E-state index is -0.878. The van der Waals surface area contributed by atoms with Gasteiger partial charge < -0.3 is 24.3 Å². The van der Waals surface area contributed by atoms with Crippen molar-refractivity contribution < 1.29 is 19.7 Å². The molecule has 3 aromatic rings. The van der Waals surface area contributed by atoms with Crippen molar-refractivity contribution in [3.8, 4) is 10.4 Å². The molecule has 2 N–H and O–H groups in total. The second-order valence-corrected chi connectivity index (χ2v) is 7.74. The van der Waals surface area contributed by atoms with Crippen LogP contribution in [0.5, 0.6) is 0 Å². The molecule has 0 radical (unpaired) electrons. The Labute approximate surface area is 153 Å². The number of fused-ring (bicyclic) bond motifs is 1. The molecule has 0 saturated carbocycles. The van der Waals surface area contributed by atoms with Gasteiger partial charge in [0.05, 0.1) is 18.9 Å². The highest BCUT2D eigenvalue weighted by atomic mass is 32.1. The van der Waals surface area contributed by atoms with Crippen LogP contribution in [0, 0.1) is 6.92 Å². The minimum absolute atomic E-state index is 0.256. The van der Waals surface area contributed by atoms with E-state index in [1.165, 1.54) is 6.33 Å². The number of aryl methyl sites for hydroxylation is 1.